The van der Waals surface area contributed by atoms with Crippen molar-refractivity contribution >= 4 is 34.6 Å². The molecule has 0 unspecified atom stereocenters. The molecule has 0 radical (unpaired) electrons. The van der Waals surface area contributed by atoms with E-state index in [9.17, 15) is 60.7 Å². The van der Waals surface area contributed by atoms with E-state index in [1.54, 1.807) is 0 Å². The van der Waals surface area contributed by atoms with Crippen molar-refractivity contribution in [3.8, 4) is 0 Å². The number of aryl methyl sites for hydroxylation is 2. The largest absolute Gasteiger partial charge is 0.498 e. The molecule has 2 rings (SSSR count). The summed E-state index contributed by atoms with van der Waals surface area (Å²) in [6.07, 6.45) is 0. The Bertz CT molecular complexity index is 1040. The van der Waals surface area contributed by atoms with E-state index in [-0.39, 0.29) is 9.36 Å². The Hall–Kier alpha value is -5.18. The smallest absolute Gasteiger partial charge is 0.358 e. The van der Waals surface area contributed by atoms with Crippen molar-refractivity contribution in [2.24, 2.45) is 0 Å². The molecule has 0 aliphatic rings. The van der Waals surface area contributed by atoms with Gasteiger partial charge in [0.05, 0.1) is 9.85 Å². The topological polar surface area (TPSA) is 294 Å². The molecule has 2 heterocycles. The number of aromatic nitrogens is 4. The summed E-state index contributed by atoms with van der Waals surface area (Å²) in [4.78, 5) is 57.5. The lowest BCUT2D eigenvalue weighted by molar-refractivity contribution is -0.441. The van der Waals surface area contributed by atoms with Crippen LogP contribution < -0.4 is 0 Å². The van der Waals surface area contributed by atoms with Crippen molar-refractivity contribution in [2.45, 2.75) is 13.1 Å². The molecule has 0 atom stereocenters. The van der Waals surface area contributed by atoms with Gasteiger partial charge in [0, 0.05) is 0 Å². The van der Waals surface area contributed by atoms with Gasteiger partial charge in [-0.25, -0.2) is 0 Å². The molecule has 0 amide bonds. The standard InChI is InChI=1S/C8H4N10O12/c19-13(20)3-5(15(23)24)9-11(7(3)17(27)28)1-2-12-8(18(29)30)4(14(21)22)6(10-12)16(25)26/h1-2H2. The van der Waals surface area contributed by atoms with Gasteiger partial charge in [-0.05, 0) is 29.1 Å². The molecule has 0 aromatic carbocycles. The van der Waals surface area contributed by atoms with Crippen molar-refractivity contribution < 1.29 is 29.5 Å². The van der Waals surface area contributed by atoms with Crippen LogP contribution in [0.3, 0.4) is 0 Å². The zero-order chi connectivity index (χ0) is 22.9. The summed E-state index contributed by atoms with van der Waals surface area (Å²) in [5, 5.41) is 72.1. The van der Waals surface area contributed by atoms with E-state index in [2.05, 4.69) is 10.2 Å². The molecule has 0 spiro atoms. The van der Waals surface area contributed by atoms with E-state index < -0.39 is 77.3 Å². The van der Waals surface area contributed by atoms with Gasteiger partial charge in [0.2, 0.25) is 0 Å². The molecule has 30 heavy (non-hydrogen) atoms. The Morgan fingerprint density at radius 1 is 0.533 bits per heavy atom. The number of nitro groups is 6. The molecule has 0 saturated carbocycles. The highest BCUT2D eigenvalue weighted by Crippen LogP contribution is 2.37. The first-order valence-corrected chi connectivity index (χ1v) is 6.96. The van der Waals surface area contributed by atoms with E-state index in [1.165, 1.54) is 0 Å². The van der Waals surface area contributed by atoms with E-state index in [1.807, 2.05) is 0 Å². The zero-order valence-electron chi connectivity index (χ0n) is 13.8. The maximum atomic E-state index is 11.1. The molecule has 0 fully saturated rings. The third kappa shape index (κ3) is 3.49. The second-order valence-electron chi connectivity index (χ2n) is 4.98. The summed E-state index contributed by atoms with van der Waals surface area (Å²) in [5.41, 5.74) is -3.14. The third-order valence-electron chi connectivity index (χ3n) is 3.35. The van der Waals surface area contributed by atoms with Gasteiger partial charge in [0.25, 0.3) is 0 Å². The molecule has 0 aliphatic carbocycles. The molecule has 0 saturated heterocycles. The number of hydrogen-bond donors (Lipinski definition) is 0. The highest BCUT2D eigenvalue weighted by atomic mass is 16.7. The number of hydrogen-bond acceptors (Lipinski definition) is 14. The van der Waals surface area contributed by atoms with E-state index in [0.29, 0.717) is 0 Å². The molecule has 0 N–H and O–H groups in total. The molecular weight excluding hydrogens is 428 g/mol. The van der Waals surface area contributed by atoms with Crippen LogP contribution in [0.4, 0.5) is 34.6 Å². The molecule has 2 aromatic heterocycles. The monoisotopic (exact) mass is 432 g/mol. The van der Waals surface area contributed by atoms with Gasteiger partial charge in [-0.3, -0.25) is 20.2 Å². The quantitative estimate of drug-likeness (QED) is 0.378. The minimum Gasteiger partial charge on any atom is -0.358 e. The predicted octanol–water partition coefficient (Wildman–Crippen LogP) is 0.229. The van der Waals surface area contributed by atoms with Crippen LogP contribution in [0.5, 0.6) is 0 Å². The number of rotatable bonds is 9. The lowest BCUT2D eigenvalue weighted by Gasteiger charge is -1.94. The van der Waals surface area contributed by atoms with E-state index in [0.717, 1.165) is 0 Å². The molecule has 158 valence electrons. The van der Waals surface area contributed by atoms with E-state index in [4.69, 9.17) is 0 Å². The Morgan fingerprint density at radius 3 is 1.03 bits per heavy atom. The van der Waals surface area contributed by atoms with Crippen molar-refractivity contribution in [1.82, 2.24) is 19.6 Å². The summed E-state index contributed by atoms with van der Waals surface area (Å²) in [5.74, 6) is -5.91. The first kappa shape index (κ1) is 21.1. The minimum absolute atomic E-state index is 0.138. The first-order valence-electron chi connectivity index (χ1n) is 6.96. The summed E-state index contributed by atoms with van der Waals surface area (Å²) < 4.78 is 0.276. The molecule has 22 nitrogen and oxygen atoms in total. The first-order chi connectivity index (χ1) is 13.9. The summed E-state index contributed by atoms with van der Waals surface area (Å²) >= 11 is 0. The molecular formula is C8H4N10O12. The second-order valence-corrected chi connectivity index (χ2v) is 4.98. The fourth-order valence-corrected chi connectivity index (χ4v) is 2.30. The predicted molar refractivity (Wildman–Crippen MR) is 84.4 cm³/mol. The van der Waals surface area contributed by atoms with Crippen LogP contribution in [0.1, 0.15) is 0 Å². The van der Waals surface area contributed by atoms with Gasteiger partial charge in [0.1, 0.15) is 0 Å². The maximum absolute atomic E-state index is 11.1. The summed E-state index contributed by atoms with van der Waals surface area (Å²) in [7, 11) is 0. The third-order valence-corrected chi connectivity index (χ3v) is 3.35. The second kappa shape index (κ2) is 7.44. The molecule has 0 aliphatic heterocycles. The highest BCUT2D eigenvalue weighted by molar-refractivity contribution is 5.60. The van der Waals surface area contributed by atoms with Crippen LogP contribution in [0.15, 0.2) is 0 Å². The van der Waals surface area contributed by atoms with Crippen LogP contribution in [0.25, 0.3) is 0 Å². The van der Waals surface area contributed by atoms with Gasteiger partial charge in [0.15, 0.2) is 23.3 Å². The minimum atomic E-state index is -1.57. The zero-order valence-corrected chi connectivity index (χ0v) is 13.8. The van der Waals surface area contributed by atoms with Gasteiger partial charge in [-0.2, -0.15) is 0 Å². The van der Waals surface area contributed by atoms with Crippen molar-refractivity contribution in [2.75, 3.05) is 0 Å². The van der Waals surface area contributed by atoms with Crippen LogP contribution in [0, 0.1) is 60.7 Å². The Kier molecular flexibility index (Phi) is 5.24. The van der Waals surface area contributed by atoms with Gasteiger partial charge < -0.3 is 40.5 Å². The van der Waals surface area contributed by atoms with Gasteiger partial charge in [-0.15, -0.1) is 0 Å². The average molecular weight is 432 g/mol. The number of nitrogens with zero attached hydrogens (tertiary/aromatic N) is 10. The average Bonchev–Trinajstić information content (AvgIpc) is 3.19. The highest BCUT2D eigenvalue weighted by Gasteiger charge is 2.49. The lowest BCUT2D eigenvalue weighted by Crippen LogP contribution is -2.14. The van der Waals surface area contributed by atoms with E-state index >= 15 is 0 Å². The van der Waals surface area contributed by atoms with Crippen LogP contribution in [-0.2, 0) is 13.1 Å². The fraction of sp³-hybridized carbons (Fsp3) is 0.250. The molecule has 22 heteroatoms. The van der Waals surface area contributed by atoms with Crippen molar-refractivity contribution in [3.05, 3.63) is 60.7 Å². The van der Waals surface area contributed by atoms with Crippen LogP contribution in [0.2, 0.25) is 0 Å². The van der Waals surface area contributed by atoms with Gasteiger partial charge in [-0.1, -0.05) is 0 Å². The Balaban J connectivity index is 2.60. The normalized spacial score (nSPS) is 10.5. The Morgan fingerprint density at radius 2 is 0.833 bits per heavy atom. The van der Waals surface area contributed by atoms with Crippen LogP contribution >= 0.6 is 0 Å². The molecule has 0 bridgehead atoms. The molecule has 2 aromatic rings. The van der Waals surface area contributed by atoms with Gasteiger partial charge >= 0.3 is 34.6 Å². The van der Waals surface area contributed by atoms with Crippen LogP contribution in [-0.4, -0.2) is 49.1 Å². The Labute approximate surface area is 158 Å². The lowest BCUT2D eigenvalue weighted by atomic mass is 10.4. The summed E-state index contributed by atoms with van der Waals surface area (Å²) in [6.45, 7) is -1.86. The van der Waals surface area contributed by atoms with Crippen molar-refractivity contribution in [3.63, 3.8) is 0 Å². The summed E-state index contributed by atoms with van der Waals surface area (Å²) in [6, 6.07) is 0. The SMILES string of the molecule is O=[N+]([O-])c1nn(CCn2nc([N+](=O)[O-])c([N+](=O)[O-])c2[N+](=O)[O-])c([N+](=O)[O-])c1[N+](=O)[O-]. The fourth-order valence-electron chi connectivity index (χ4n) is 2.30. The van der Waals surface area contributed by atoms with Crippen molar-refractivity contribution in [1.29, 1.82) is 0 Å². The maximum Gasteiger partial charge on any atom is 0.498 e.